The van der Waals surface area contributed by atoms with Crippen molar-refractivity contribution in [2.24, 2.45) is 0 Å². The average molecular weight is 265 g/mol. The maximum Gasteiger partial charge on any atom is 0.162 e. The predicted molar refractivity (Wildman–Crippen MR) is 80.3 cm³/mol. The SMILES string of the molecule is CCOC(C#N)(Cc1ccccc1)Cc1ccccc1. The van der Waals surface area contributed by atoms with Crippen LogP contribution in [0.1, 0.15) is 18.1 Å². The molecule has 2 aromatic carbocycles. The number of nitriles is 1. The Morgan fingerprint density at radius 1 is 0.900 bits per heavy atom. The predicted octanol–water partition coefficient (Wildman–Crippen LogP) is 3.77. The minimum atomic E-state index is -0.794. The lowest BCUT2D eigenvalue weighted by Gasteiger charge is -2.27. The molecular formula is C18H19NO. The van der Waals surface area contributed by atoms with E-state index in [9.17, 15) is 5.26 Å². The Morgan fingerprint density at radius 2 is 1.35 bits per heavy atom. The van der Waals surface area contributed by atoms with Gasteiger partial charge in [0.1, 0.15) is 0 Å². The Bertz CT molecular complexity index is 515. The van der Waals surface area contributed by atoms with Crippen molar-refractivity contribution >= 4 is 0 Å². The van der Waals surface area contributed by atoms with Gasteiger partial charge in [-0.3, -0.25) is 0 Å². The minimum absolute atomic E-state index is 0.535. The number of nitrogens with zero attached hydrogens (tertiary/aromatic N) is 1. The number of rotatable bonds is 6. The molecule has 2 heteroatoms. The summed E-state index contributed by atoms with van der Waals surface area (Å²) in [5.41, 5.74) is 1.45. The van der Waals surface area contributed by atoms with E-state index in [2.05, 4.69) is 6.07 Å². The highest BCUT2D eigenvalue weighted by molar-refractivity contribution is 5.25. The summed E-state index contributed by atoms with van der Waals surface area (Å²) < 4.78 is 5.83. The summed E-state index contributed by atoms with van der Waals surface area (Å²) in [5, 5.41) is 9.66. The molecule has 2 nitrogen and oxygen atoms in total. The van der Waals surface area contributed by atoms with E-state index in [1.165, 1.54) is 0 Å². The van der Waals surface area contributed by atoms with Crippen molar-refractivity contribution in [2.75, 3.05) is 6.61 Å². The summed E-state index contributed by atoms with van der Waals surface area (Å²) in [6.45, 7) is 2.47. The summed E-state index contributed by atoms with van der Waals surface area (Å²) in [6, 6.07) is 22.5. The van der Waals surface area contributed by atoms with E-state index in [-0.39, 0.29) is 0 Å². The van der Waals surface area contributed by atoms with Crippen LogP contribution in [0.15, 0.2) is 60.7 Å². The van der Waals surface area contributed by atoms with E-state index in [0.29, 0.717) is 19.4 Å². The second-order valence-electron chi connectivity index (χ2n) is 4.86. The van der Waals surface area contributed by atoms with Crippen LogP contribution in [0.25, 0.3) is 0 Å². The molecule has 102 valence electrons. The zero-order valence-corrected chi connectivity index (χ0v) is 11.8. The molecule has 0 heterocycles. The second kappa shape index (κ2) is 6.88. The van der Waals surface area contributed by atoms with E-state index in [1.807, 2.05) is 67.6 Å². The van der Waals surface area contributed by atoms with Gasteiger partial charge in [-0.15, -0.1) is 0 Å². The largest absolute Gasteiger partial charge is 0.360 e. The van der Waals surface area contributed by atoms with Gasteiger partial charge >= 0.3 is 0 Å². The summed E-state index contributed by atoms with van der Waals surface area (Å²) in [4.78, 5) is 0. The van der Waals surface area contributed by atoms with Gasteiger partial charge in [0.15, 0.2) is 5.60 Å². The Labute approximate surface area is 120 Å². The molecule has 0 radical (unpaired) electrons. The molecule has 0 N–H and O–H groups in total. The van der Waals surface area contributed by atoms with Crippen LogP contribution in [0.2, 0.25) is 0 Å². The molecule has 0 saturated carbocycles. The van der Waals surface area contributed by atoms with Crippen LogP contribution in [0.3, 0.4) is 0 Å². The standard InChI is InChI=1S/C18H19NO/c1-2-20-18(15-19,13-16-9-5-3-6-10-16)14-17-11-7-4-8-12-17/h3-12H,2,13-14H2,1H3. The number of hydrogen-bond acceptors (Lipinski definition) is 2. The second-order valence-corrected chi connectivity index (χ2v) is 4.86. The van der Waals surface area contributed by atoms with E-state index in [1.54, 1.807) is 0 Å². The van der Waals surface area contributed by atoms with Crippen LogP contribution in [0, 0.1) is 11.3 Å². The van der Waals surface area contributed by atoms with E-state index >= 15 is 0 Å². The molecule has 0 amide bonds. The molecule has 0 atom stereocenters. The van der Waals surface area contributed by atoms with Gasteiger partial charge in [0, 0.05) is 19.4 Å². The highest BCUT2D eigenvalue weighted by atomic mass is 16.5. The van der Waals surface area contributed by atoms with Gasteiger partial charge in [0.25, 0.3) is 0 Å². The van der Waals surface area contributed by atoms with E-state index < -0.39 is 5.60 Å². The van der Waals surface area contributed by atoms with Gasteiger partial charge in [0.05, 0.1) is 6.07 Å². The molecule has 0 fully saturated rings. The summed E-state index contributed by atoms with van der Waals surface area (Å²) >= 11 is 0. The Morgan fingerprint density at radius 3 is 1.70 bits per heavy atom. The molecule has 0 bridgehead atoms. The fourth-order valence-corrected chi connectivity index (χ4v) is 2.40. The Kier molecular flexibility index (Phi) is 4.92. The number of hydrogen-bond donors (Lipinski definition) is 0. The molecule has 0 aromatic heterocycles. The van der Waals surface area contributed by atoms with Gasteiger partial charge < -0.3 is 4.74 Å². The lowest BCUT2D eigenvalue weighted by atomic mass is 9.89. The zero-order chi connectivity index (χ0) is 14.3. The molecule has 2 aromatic rings. The quantitative estimate of drug-likeness (QED) is 0.796. The summed E-state index contributed by atoms with van der Waals surface area (Å²) in [5.74, 6) is 0. The van der Waals surface area contributed by atoms with Crippen molar-refractivity contribution < 1.29 is 4.74 Å². The summed E-state index contributed by atoms with van der Waals surface area (Å²) in [7, 11) is 0. The van der Waals surface area contributed by atoms with Crippen molar-refractivity contribution in [1.29, 1.82) is 5.26 Å². The molecule has 0 saturated heterocycles. The van der Waals surface area contributed by atoms with Crippen molar-refractivity contribution in [3.8, 4) is 6.07 Å². The molecular weight excluding hydrogens is 246 g/mol. The first-order valence-corrected chi connectivity index (χ1v) is 6.91. The van der Waals surface area contributed by atoms with E-state index in [4.69, 9.17) is 4.74 Å². The van der Waals surface area contributed by atoms with Gasteiger partial charge in [0.2, 0.25) is 0 Å². The van der Waals surface area contributed by atoms with Crippen molar-refractivity contribution in [3.05, 3.63) is 71.8 Å². The van der Waals surface area contributed by atoms with Crippen molar-refractivity contribution in [2.45, 2.75) is 25.4 Å². The van der Waals surface area contributed by atoms with Crippen LogP contribution >= 0.6 is 0 Å². The normalized spacial score (nSPS) is 11.0. The first-order valence-electron chi connectivity index (χ1n) is 6.91. The van der Waals surface area contributed by atoms with Crippen LogP contribution in [0.4, 0.5) is 0 Å². The maximum atomic E-state index is 9.66. The topological polar surface area (TPSA) is 33.0 Å². The van der Waals surface area contributed by atoms with Crippen LogP contribution in [-0.2, 0) is 17.6 Å². The van der Waals surface area contributed by atoms with Gasteiger partial charge in [-0.1, -0.05) is 60.7 Å². The third-order valence-electron chi connectivity index (χ3n) is 3.29. The lowest BCUT2D eigenvalue weighted by Crippen LogP contribution is -2.36. The molecule has 0 aliphatic heterocycles. The minimum Gasteiger partial charge on any atom is -0.360 e. The van der Waals surface area contributed by atoms with Crippen molar-refractivity contribution in [1.82, 2.24) is 0 Å². The van der Waals surface area contributed by atoms with Gasteiger partial charge in [-0.05, 0) is 18.1 Å². The highest BCUT2D eigenvalue weighted by Gasteiger charge is 2.31. The van der Waals surface area contributed by atoms with E-state index in [0.717, 1.165) is 11.1 Å². The van der Waals surface area contributed by atoms with Gasteiger partial charge in [-0.25, -0.2) is 0 Å². The number of ether oxygens (including phenoxy) is 1. The first kappa shape index (κ1) is 14.3. The molecule has 0 unspecified atom stereocenters. The van der Waals surface area contributed by atoms with Crippen LogP contribution < -0.4 is 0 Å². The monoisotopic (exact) mass is 265 g/mol. The third-order valence-corrected chi connectivity index (χ3v) is 3.29. The molecule has 0 aliphatic carbocycles. The van der Waals surface area contributed by atoms with Gasteiger partial charge in [-0.2, -0.15) is 5.26 Å². The smallest absolute Gasteiger partial charge is 0.162 e. The molecule has 20 heavy (non-hydrogen) atoms. The third kappa shape index (κ3) is 3.69. The lowest BCUT2D eigenvalue weighted by molar-refractivity contribution is 0.00593. The fraction of sp³-hybridized carbons (Fsp3) is 0.278. The van der Waals surface area contributed by atoms with Crippen molar-refractivity contribution in [3.63, 3.8) is 0 Å². The molecule has 2 rings (SSSR count). The Balaban J connectivity index is 2.23. The summed E-state index contributed by atoms with van der Waals surface area (Å²) in [6.07, 6.45) is 1.21. The van der Waals surface area contributed by atoms with Crippen LogP contribution in [0.5, 0.6) is 0 Å². The molecule has 0 spiro atoms. The average Bonchev–Trinajstić information content (AvgIpc) is 2.49. The molecule has 0 aliphatic rings. The fourth-order valence-electron chi connectivity index (χ4n) is 2.40. The van der Waals surface area contributed by atoms with Crippen LogP contribution in [-0.4, -0.2) is 12.2 Å². The highest BCUT2D eigenvalue weighted by Crippen LogP contribution is 2.23. The number of benzene rings is 2. The maximum absolute atomic E-state index is 9.66. The first-order chi connectivity index (χ1) is 9.78. The zero-order valence-electron chi connectivity index (χ0n) is 11.8. The Hall–Kier alpha value is -2.11.